The maximum atomic E-state index is 13.9. The average Bonchev–Trinajstić information content (AvgIpc) is 3.63. The van der Waals surface area contributed by atoms with Gasteiger partial charge in [-0.3, -0.25) is 24.1 Å². The molecule has 3 heterocycles. The van der Waals surface area contributed by atoms with E-state index >= 15 is 0 Å². The van der Waals surface area contributed by atoms with E-state index in [0.717, 1.165) is 30.8 Å². The maximum absolute atomic E-state index is 13.9. The highest BCUT2D eigenvalue weighted by Gasteiger charge is 2.32. The van der Waals surface area contributed by atoms with Crippen LogP contribution in [0.3, 0.4) is 0 Å². The molecule has 1 aromatic heterocycles. The molecule has 0 unspecified atom stereocenters. The lowest BCUT2D eigenvalue weighted by Crippen LogP contribution is -2.47. The van der Waals surface area contributed by atoms with Gasteiger partial charge in [0.1, 0.15) is 12.4 Å². The summed E-state index contributed by atoms with van der Waals surface area (Å²) in [6.45, 7) is 1.88. The van der Waals surface area contributed by atoms with Crippen LogP contribution >= 0.6 is 0 Å². The summed E-state index contributed by atoms with van der Waals surface area (Å²) in [4.78, 5) is 40.7. The highest BCUT2D eigenvalue weighted by molar-refractivity contribution is 6.05. The summed E-state index contributed by atoms with van der Waals surface area (Å²) in [5.41, 5.74) is 3.15. The van der Waals surface area contributed by atoms with Crippen molar-refractivity contribution in [3.05, 3.63) is 90.5 Å². The molecule has 1 fully saturated rings. The van der Waals surface area contributed by atoms with Crippen molar-refractivity contribution < 1.29 is 19.1 Å². The molecule has 0 radical (unpaired) electrons. The molecule has 1 atom stereocenters. The third-order valence-corrected chi connectivity index (χ3v) is 7.31. The molecule has 0 saturated carbocycles. The van der Waals surface area contributed by atoms with Gasteiger partial charge in [0.15, 0.2) is 0 Å². The van der Waals surface area contributed by atoms with Gasteiger partial charge in [0.05, 0.1) is 24.0 Å². The molecule has 214 valence electrons. The maximum Gasteiger partial charge on any atom is 0.317 e. The smallest absolute Gasteiger partial charge is 0.317 e. The van der Waals surface area contributed by atoms with E-state index in [4.69, 9.17) is 4.74 Å². The zero-order chi connectivity index (χ0) is 28.6. The van der Waals surface area contributed by atoms with Gasteiger partial charge in [-0.15, -0.1) is 0 Å². The summed E-state index contributed by atoms with van der Waals surface area (Å²) in [6.07, 6.45) is 9.22. The molecule has 5 rings (SSSR count). The van der Waals surface area contributed by atoms with Crippen molar-refractivity contribution in [1.82, 2.24) is 20.1 Å². The number of aromatic nitrogens is 2. The molecular formula is C31H36N6O4. The predicted molar refractivity (Wildman–Crippen MR) is 155 cm³/mol. The molecule has 0 bridgehead atoms. The number of rotatable bonds is 10. The van der Waals surface area contributed by atoms with Crippen LogP contribution in [0.5, 0.6) is 0 Å². The van der Waals surface area contributed by atoms with Crippen molar-refractivity contribution in [3.63, 3.8) is 0 Å². The summed E-state index contributed by atoms with van der Waals surface area (Å²) in [7, 11) is 1.82. The lowest BCUT2D eigenvalue weighted by molar-refractivity contribution is -0.163. The lowest BCUT2D eigenvalue weighted by atomic mass is 10.0. The molecule has 41 heavy (non-hydrogen) atoms. The molecule has 0 spiro atoms. The van der Waals surface area contributed by atoms with Gasteiger partial charge in [0, 0.05) is 37.5 Å². The van der Waals surface area contributed by atoms with Crippen molar-refractivity contribution in [2.45, 2.75) is 38.5 Å². The van der Waals surface area contributed by atoms with Crippen molar-refractivity contribution in [2.24, 2.45) is 13.0 Å². The summed E-state index contributed by atoms with van der Waals surface area (Å²) >= 11 is 0. The minimum absolute atomic E-state index is 0.164. The average molecular weight is 557 g/mol. The number of unbranched alkanes of at least 4 members (excludes halogenated alkanes) is 1. The van der Waals surface area contributed by atoms with Gasteiger partial charge in [-0.05, 0) is 62.9 Å². The number of anilines is 2. The highest BCUT2D eigenvalue weighted by Crippen LogP contribution is 2.31. The summed E-state index contributed by atoms with van der Waals surface area (Å²) in [6, 6.07) is 19.2. The Morgan fingerprint density at radius 2 is 1.80 bits per heavy atom. The fraction of sp³-hybridized carbons (Fsp3) is 0.355. The number of amides is 1. The Hall–Kier alpha value is -4.44. The number of hydrogen-bond acceptors (Lipinski definition) is 8. The Bertz CT molecular complexity index is 1370. The van der Waals surface area contributed by atoms with E-state index in [1.807, 2.05) is 66.8 Å². The van der Waals surface area contributed by atoms with E-state index in [1.165, 1.54) is 0 Å². The number of hydrogen-bond donors (Lipinski definition) is 1. The second-order valence-electron chi connectivity index (χ2n) is 10.4. The number of nitrogens with one attached hydrogen (secondary N) is 1. The largest absolute Gasteiger partial charge is 0.393 e. The second kappa shape index (κ2) is 13.3. The Labute approximate surface area is 240 Å². The molecule has 1 saturated heterocycles. The molecule has 2 aliphatic rings. The second-order valence-corrected chi connectivity index (χ2v) is 10.4. The van der Waals surface area contributed by atoms with Crippen LogP contribution in [0, 0.1) is 5.92 Å². The summed E-state index contributed by atoms with van der Waals surface area (Å²) in [5.74, 6) is -1.34. The number of benzene rings is 2. The van der Waals surface area contributed by atoms with Crippen LogP contribution in [0.25, 0.3) is 0 Å². The first-order valence-electron chi connectivity index (χ1n) is 14.1. The zero-order valence-corrected chi connectivity index (χ0v) is 23.3. The molecule has 10 nitrogen and oxygen atoms in total. The number of para-hydroxylation sites is 1. The van der Waals surface area contributed by atoms with E-state index in [1.54, 1.807) is 28.0 Å². The van der Waals surface area contributed by atoms with E-state index in [9.17, 15) is 14.4 Å². The Morgan fingerprint density at radius 3 is 2.49 bits per heavy atom. The number of nitrogens with zero attached hydrogens (tertiary/aromatic N) is 5. The van der Waals surface area contributed by atoms with Crippen LogP contribution in [0.2, 0.25) is 0 Å². The topological polar surface area (TPSA) is 100 Å². The van der Waals surface area contributed by atoms with Gasteiger partial charge in [-0.1, -0.05) is 36.4 Å². The normalized spacial score (nSPS) is 16.8. The van der Waals surface area contributed by atoms with Gasteiger partial charge in [-0.25, -0.2) is 5.01 Å². The van der Waals surface area contributed by atoms with Crippen molar-refractivity contribution in [3.8, 4) is 0 Å². The molecule has 0 aliphatic carbocycles. The molecule has 10 heteroatoms. The fourth-order valence-corrected chi connectivity index (χ4v) is 5.15. The third kappa shape index (κ3) is 7.01. The Kier molecular flexibility index (Phi) is 9.10. The highest BCUT2D eigenvalue weighted by atomic mass is 16.6. The molecular weight excluding hydrogens is 520 g/mol. The molecule has 2 aliphatic heterocycles. The number of carbonyl (C=O) groups excluding carboxylic acids is 3. The van der Waals surface area contributed by atoms with E-state index in [0.29, 0.717) is 43.7 Å². The number of carbonyl (C=O) groups is 3. The number of hydrazine groups is 1. The first-order valence-corrected chi connectivity index (χ1v) is 14.1. The molecule has 3 aromatic rings. The van der Waals surface area contributed by atoms with Crippen LogP contribution in [0.15, 0.2) is 85.0 Å². The first-order chi connectivity index (χ1) is 20.0. The summed E-state index contributed by atoms with van der Waals surface area (Å²) < 4.78 is 6.80. The fourth-order valence-electron chi connectivity index (χ4n) is 5.15. The van der Waals surface area contributed by atoms with Crippen molar-refractivity contribution >= 4 is 29.2 Å². The standard InChI is InChI=1S/C31H36N6O4/c1-34-21-28(20-33-34)37(30(39)24-11-4-2-5-12-24)36-23-35(26-14-6-3-7-15-26)22-27(36)16-8-9-17-29(38)41-31(40)25-13-10-18-32-19-25/h2-7,11-12,14-15,20-22,25,32H,8-10,13,16-19,23H2,1H3/t25-/m0/s1. The zero-order valence-electron chi connectivity index (χ0n) is 23.3. The van der Waals surface area contributed by atoms with Crippen molar-refractivity contribution in [1.29, 1.82) is 0 Å². The number of allylic oxidation sites excluding steroid dienone is 1. The lowest BCUT2D eigenvalue weighted by Gasteiger charge is -2.34. The quantitative estimate of drug-likeness (QED) is 0.225. The summed E-state index contributed by atoms with van der Waals surface area (Å²) in [5, 5.41) is 11.1. The Balaban J connectivity index is 1.29. The molecule has 1 amide bonds. The van der Waals surface area contributed by atoms with Gasteiger partial charge >= 0.3 is 11.9 Å². The first kappa shape index (κ1) is 28.1. The van der Waals surface area contributed by atoms with E-state index < -0.39 is 11.9 Å². The van der Waals surface area contributed by atoms with Gasteiger partial charge in [0.2, 0.25) is 0 Å². The SMILES string of the molecule is Cn1cc(N(C(=O)c2ccccc2)N2CN(c3ccccc3)C=C2CCCCC(=O)OC(=O)[C@H]2CCCNC2)cn1. The number of aryl methyl sites for hydroxylation is 1. The molecule has 2 aromatic carbocycles. The van der Waals surface area contributed by atoms with Gasteiger partial charge < -0.3 is 15.0 Å². The van der Waals surface area contributed by atoms with E-state index in [2.05, 4.69) is 21.5 Å². The predicted octanol–water partition coefficient (Wildman–Crippen LogP) is 4.23. The minimum Gasteiger partial charge on any atom is -0.393 e. The van der Waals surface area contributed by atoms with Crippen LogP contribution in [-0.4, -0.2) is 52.4 Å². The van der Waals surface area contributed by atoms with Crippen LogP contribution < -0.4 is 15.2 Å². The van der Waals surface area contributed by atoms with Gasteiger partial charge in [-0.2, -0.15) is 5.10 Å². The van der Waals surface area contributed by atoms with Crippen LogP contribution in [-0.2, 0) is 21.4 Å². The van der Waals surface area contributed by atoms with E-state index in [-0.39, 0.29) is 18.2 Å². The Morgan fingerprint density at radius 1 is 1.05 bits per heavy atom. The third-order valence-electron chi connectivity index (χ3n) is 7.31. The van der Waals surface area contributed by atoms with Crippen LogP contribution in [0.1, 0.15) is 48.9 Å². The van der Waals surface area contributed by atoms with Crippen LogP contribution in [0.4, 0.5) is 11.4 Å². The minimum atomic E-state index is -0.486. The number of ether oxygens (including phenoxy) is 1. The van der Waals surface area contributed by atoms with Gasteiger partial charge in [0.25, 0.3) is 5.91 Å². The van der Waals surface area contributed by atoms with Crippen molar-refractivity contribution in [2.75, 3.05) is 29.7 Å². The number of esters is 2. The number of piperidine rings is 1. The molecule has 1 N–H and O–H groups in total. The monoisotopic (exact) mass is 556 g/mol.